The van der Waals surface area contributed by atoms with Crippen LogP contribution in [0.15, 0.2) is 0 Å². The zero-order chi connectivity index (χ0) is 12.9. The summed E-state index contributed by atoms with van der Waals surface area (Å²) in [6.45, 7) is 5.56. The molecule has 96 valence electrons. The maximum atomic E-state index is 11.6. The molecule has 1 amide bonds. The fourth-order valence-electron chi connectivity index (χ4n) is 2.21. The van der Waals surface area contributed by atoms with Crippen molar-refractivity contribution < 1.29 is 9.53 Å². The highest BCUT2D eigenvalue weighted by molar-refractivity contribution is 5.68. The fourth-order valence-corrected chi connectivity index (χ4v) is 2.21. The van der Waals surface area contributed by atoms with E-state index in [-0.39, 0.29) is 12.1 Å². The van der Waals surface area contributed by atoms with Gasteiger partial charge in [-0.3, -0.25) is 0 Å². The van der Waals surface area contributed by atoms with Crippen molar-refractivity contribution in [2.45, 2.75) is 64.5 Å². The van der Waals surface area contributed by atoms with Crippen molar-refractivity contribution in [1.29, 1.82) is 5.26 Å². The minimum Gasteiger partial charge on any atom is -0.444 e. The van der Waals surface area contributed by atoms with Crippen molar-refractivity contribution in [3.63, 3.8) is 0 Å². The molecule has 1 rings (SSSR count). The summed E-state index contributed by atoms with van der Waals surface area (Å²) >= 11 is 0. The summed E-state index contributed by atoms with van der Waals surface area (Å²) in [7, 11) is 0. The van der Waals surface area contributed by atoms with Gasteiger partial charge in [0.15, 0.2) is 0 Å². The number of ether oxygens (including phenoxy) is 1. The van der Waals surface area contributed by atoms with Gasteiger partial charge in [-0.05, 0) is 46.0 Å². The van der Waals surface area contributed by atoms with Crippen molar-refractivity contribution in [2.75, 3.05) is 0 Å². The number of amides is 1. The predicted octanol–water partition coefficient (Wildman–Crippen LogP) is 2.98. The van der Waals surface area contributed by atoms with Crippen molar-refractivity contribution in [2.24, 2.45) is 5.92 Å². The molecule has 0 aliphatic heterocycles. The lowest BCUT2D eigenvalue weighted by Gasteiger charge is -2.29. The number of hydrogen-bond acceptors (Lipinski definition) is 3. The van der Waals surface area contributed by atoms with E-state index >= 15 is 0 Å². The van der Waals surface area contributed by atoms with Gasteiger partial charge in [0.2, 0.25) is 0 Å². The van der Waals surface area contributed by atoms with Gasteiger partial charge in [0, 0.05) is 12.5 Å². The Bertz CT molecular complexity index is 302. The van der Waals surface area contributed by atoms with E-state index in [0.717, 1.165) is 25.7 Å². The number of nitrogens with zero attached hydrogens (tertiary/aromatic N) is 1. The molecule has 1 fully saturated rings. The van der Waals surface area contributed by atoms with Crippen LogP contribution < -0.4 is 5.32 Å². The molecule has 4 heteroatoms. The molecule has 4 nitrogen and oxygen atoms in total. The van der Waals surface area contributed by atoms with Crippen molar-refractivity contribution >= 4 is 6.09 Å². The van der Waals surface area contributed by atoms with Crippen LogP contribution in [0.3, 0.4) is 0 Å². The average molecular weight is 238 g/mol. The third-order valence-electron chi connectivity index (χ3n) is 2.88. The second-order valence-corrected chi connectivity index (χ2v) is 5.74. The van der Waals surface area contributed by atoms with Crippen molar-refractivity contribution in [3.8, 4) is 6.07 Å². The van der Waals surface area contributed by atoms with Crippen LogP contribution in [0.2, 0.25) is 0 Å². The molecule has 0 saturated heterocycles. The molecule has 0 heterocycles. The van der Waals surface area contributed by atoms with E-state index in [9.17, 15) is 4.79 Å². The van der Waals surface area contributed by atoms with Gasteiger partial charge >= 0.3 is 6.09 Å². The third kappa shape index (κ3) is 5.58. The molecule has 0 spiro atoms. The van der Waals surface area contributed by atoms with Crippen LogP contribution in [0.5, 0.6) is 0 Å². The summed E-state index contributed by atoms with van der Waals surface area (Å²) in [6.07, 6.45) is 4.30. The molecule has 0 aromatic heterocycles. The van der Waals surface area contributed by atoms with E-state index in [1.807, 2.05) is 20.8 Å². The number of nitriles is 1. The van der Waals surface area contributed by atoms with Gasteiger partial charge in [0.1, 0.15) is 5.60 Å². The zero-order valence-electron chi connectivity index (χ0n) is 11.0. The molecule has 1 N–H and O–H groups in total. The molecule has 0 bridgehead atoms. The highest BCUT2D eigenvalue weighted by atomic mass is 16.6. The quantitative estimate of drug-likeness (QED) is 0.804. The zero-order valence-corrected chi connectivity index (χ0v) is 11.0. The normalized spacial score (nSPS) is 24.8. The lowest BCUT2D eigenvalue weighted by Crippen LogP contribution is -2.41. The van der Waals surface area contributed by atoms with Gasteiger partial charge in [0.25, 0.3) is 0 Å². The van der Waals surface area contributed by atoms with Gasteiger partial charge in [-0.15, -0.1) is 0 Å². The topological polar surface area (TPSA) is 62.1 Å². The Morgan fingerprint density at radius 1 is 1.47 bits per heavy atom. The van der Waals surface area contributed by atoms with Crippen LogP contribution >= 0.6 is 0 Å². The Morgan fingerprint density at radius 2 is 2.18 bits per heavy atom. The fraction of sp³-hybridized carbons (Fsp3) is 0.846. The highest BCUT2D eigenvalue weighted by Crippen LogP contribution is 2.26. The van der Waals surface area contributed by atoms with Crippen LogP contribution in [0.1, 0.15) is 52.9 Å². The first-order chi connectivity index (χ1) is 7.90. The van der Waals surface area contributed by atoms with Gasteiger partial charge in [-0.2, -0.15) is 5.26 Å². The van der Waals surface area contributed by atoms with Gasteiger partial charge in [-0.1, -0.05) is 6.42 Å². The number of alkyl carbamates (subject to hydrolysis) is 1. The molecule has 1 aliphatic rings. The van der Waals surface area contributed by atoms with E-state index < -0.39 is 5.60 Å². The Kier molecular flexibility index (Phi) is 4.80. The van der Waals surface area contributed by atoms with Gasteiger partial charge in [-0.25, -0.2) is 4.79 Å². The van der Waals surface area contributed by atoms with E-state index in [1.165, 1.54) is 0 Å². The van der Waals surface area contributed by atoms with Gasteiger partial charge in [0.05, 0.1) is 6.07 Å². The maximum absolute atomic E-state index is 11.6. The minimum absolute atomic E-state index is 0.164. The monoisotopic (exact) mass is 238 g/mol. The Morgan fingerprint density at radius 3 is 2.76 bits per heavy atom. The van der Waals surface area contributed by atoms with Crippen molar-refractivity contribution in [1.82, 2.24) is 5.32 Å². The molecular weight excluding hydrogens is 216 g/mol. The minimum atomic E-state index is -0.454. The smallest absolute Gasteiger partial charge is 0.407 e. The summed E-state index contributed by atoms with van der Waals surface area (Å²) in [5.41, 5.74) is -0.454. The first kappa shape index (κ1) is 13.8. The molecule has 2 unspecified atom stereocenters. The van der Waals surface area contributed by atoms with Crippen LogP contribution in [0.25, 0.3) is 0 Å². The first-order valence-electron chi connectivity index (χ1n) is 6.27. The summed E-state index contributed by atoms with van der Waals surface area (Å²) < 4.78 is 5.22. The molecule has 17 heavy (non-hydrogen) atoms. The van der Waals surface area contributed by atoms with Crippen LogP contribution in [-0.2, 0) is 4.74 Å². The Labute approximate surface area is 103 Å². The Hall–Kier alpha value is -1.24. The maximum Gasteiger partial charge on any atom is 0.407 e. The van der Waals surface area contributed by atoms with Gasteiger partial charge < -0.3 is 10.1 Å². The lowest BCUT2D eigenvalue weighted by atomic mass is 9.84. The molecule has 0 radical (unpaired) electrons. The predicted molar refractivity (Wildman–Crippen MR) is 65.3 cm³/mol. The summed E-state index contributed by atoms with van der Waals surface area (Å²) in [5, 5.41) is 11.6. The Balaban J connectivity index is 2.36. The van der Waals surface area contributed by atoms with E-state index in [1.54, 1.807) is 0 Å². The molecule has 2 atom stereocenters. The number of rotatable bonds is 2. The van der Waals surface area contributed by atoms with Crippen LogP contribution in [0, 0.1) is 17.2 Å². The second kappa shape index (κ2) is 5.90. The van der Waals surface area contributed by atoms with E-state index in [4.69, 9.17) is 10.00 Å². The number of nitrogens with one attached hydrogen (secondary N) is 1. The first-order valence-corrected chi connectivity index (χ1v) is 6.27. The summed E-state index contributed by atoms with van der Waals surface area (Å²) in [6, 6.07) is 2.37. The molecular formula is C13H22N2O2. The molecule has 1 aliphatic carbocycles. The average Bonchev–Trinajstić information content (AvgIpc) is 2.15. The van der Waals surface area contributed by atoms with E-state index in [2.05, 4.69) is 11.4 Å². The third-order valence-corrected chi connectivity index (χ3v) is 2.88. The van der Waals surface area contributed by atoms with E-state index in [0.29, 0.717) is 12.3 Å². The van der Waals surface area contributed by atoms with Crippen LogP contribution in [0.4, 0.5) is 4.79 Å². The largest absolute Gasteiger partial charge is 0.444 e. The van der Waals surface area contributed by atoms with Crippen LogP contribution in [-0.4, -0.2) is 17.7 Å². The van der Waals surface area contributed by atoms with Crippen molar-refractivity contribution in [3.05, 3.63) is 0 Å². The molecule has 1 saturated carbocycles. The standard InChI is InChI=1S/C13H22N2O2/c1-13(2,3)17-12(16)15-11-6-4-5-10(9-11)7-8-14/h10-11H,4-7,9H2,1-3H3,(H,15,16). The molecule has 0 aromatic rings. The highest BCUT2D eigenvalue weighted by Gasteiger charge is 2.25. The lowest BCUT2D eigenvalue weighted by molar-refractivity contribution is 0.0485. The summed E-state index contributed by atoms with van der Waals surface area (Å²) in [5.74, 6) is 0.425. The SMILES string of the molecule is CC(C)(C)OC(=O)NC1CCCC(CC#N)C1. The number of carbonyl (C=O) groups excluding carboxylic acids is 1. The summed E-state index contributed by atoms with van der Waals surface area (Å²) in [4.78, 5) is 11.6. The molecule has 0 aromatic carbocycles. The number of carbonyl (C=O) groups is 1. The number of hydrogen-bond donors (Lipinski definition) is 1. The second-order valence-electron chi connectivity index (χ2n) is 5.74.